The van der Waals surface area contributed by atoms with Crippen molar-refractivity contribution in [2.75, 3.05) is 26.2 Å². The Bertz CT molecular complexity index is 380. The van der Waals surface area contributed by atoms with Gasteiger partial charge in [0, 0.05) is 13.1 Å². The Morgan fingerprint density at radius 1 is 1.35 bits per heavy atom. The van der Waals surface area contributed by atoms with Crippen molar-refractivity contribution in [2.45, 2.75) is 12.8 Å². The van der Waals surface area contributed by atoms with Gasteiger partial charge in [0.2, 0.25) is 0 Å². The maximum absolute atomic E-state index is 12.1. The van der Waals surface area contributed by atoms with Crippen LogP contribution in [0, 0.1) is 11.8 Å². The van der Waals surface area contributed by atoms with Gasteiger partial charge in [-0.25, -0.2) is 0 Å². The topological polar surface area (TPSA) is 58.1 Å². The molecule has 0 spiro atoms. The molecule has 2 fully saturated rings. The second-order valence-electron chi connectivity index (χ2n) is 4.84. The van der Waals surface area contributed by atoms with E-state index < -0.39 is 0 Å². The molecule has 2 aliphatic rings. The van der Waals surface area contributed by atoms with Gasteiger partial charge in [0.25, 0.3) is 5.91 Å². The third kappa shape index (κ3) is 2.19. The fourth-order valence-corrected chi connectivity index (χ4v) is 3.25. The van der Waals surface area contributed by atoms with Crippen molar-refractivity contribution in [1.29, 1.82) is 0 Å². The molecule has 0 saturated carbocycles. The lowest BCUT2D eigenvalue weighted by Crippen LogP contribution is -2.32. The number of amides is 1. The number of rotatable bonds is 1. The minimum atomic E-state index is 0.0479. The van der Waals surface area contributed by atoms with Crippen LogP contribution in [0.4, 0.5) is 0 Å². The molecule has 92 valence electrons. The smallest absolute Gasteiger partial charge is 0.275 e. The van der Waals surface area contributed by atoms with Crippen molar-refractivity contribution >= 4 is 17.6 Å². The predicted octanol–water partition coefficient (Wildman–Crippen LogP) is 0.610. The van der Waals surface area contributed by atoms with E-state index in [1.54, 1.807) is 6.20 Å². The highest BCUT2D eigenvalue weighted by molar-refractivity contribution is 6.99. The van der Waals surface area contributed by atoms with Gasteiger partial charge in [0.05, 0.1) is 17.9 Å². The lowest BCUT2D eigenvalue weighted by Gasteiger charge is -2.19. The van der Waals surface area contributed by atoms with Crippen LogP contribution in [0.2, 0.25) is 0 Å². The van der Waals surface area contributed by atoms with Crippen LogP contribution in [0.25, 0.3) is 0 Å². The molecule has 0 unspecified atom stereocenters. The standard InChI is InChI=1S/C11H16N4OS/c16-11(10-7-13-17-14-10)15-3-1-8-5-12-6-9(8)2-4-15/h7-9,12H,1-6H2/t8-,9+. The lowest BCUT2D eigenvalue weighted by molar-refractivity contribution is 0.0753. The number of carbonyl (C=O) groups is 1. The molecule has 0 aromatic carbocycles. The van der Waals surface area contributed by atoms with Gasteiger partial charge >= 0.3 is 0 Å². The zero-order valence-electron chi connectivity index (χ0n) is 9.63. The van der Waals surface area contributed by atoms with E-state index in [1.807, 2.05) is 4.90 Å². The highest BCUT2D eigenvalue weighted by Crippen LogP contribution is 2.27. The summed E-state index contributed by atoms with van der Waals surface area (Å²) >= 11 is 1.10. The number of likely N-dealkylation sites (tertiary alicyclic amines) is 1. The van der Waals surface area contributed by atoms with Crippen molar-refractivity contribution in [3.63, 3.8) is 0 Å². The number of nitrogens with one attached hydrogen (secondary N) is 1. The number of carbonyl (C=O) groups excluding carboxylic acids is 1. The largest absolute Gasteiger partial charge is 0.337 e. The third-order valence-corrected chi connectivity index (χ3v) is 4.37. The van der Waals surface area contributed by atoms with Crippen molar-refractivity contribution in [1.82, 2.24) is 19.0 Å². The molecule has 3 heterocycles. The Morgan fingerprint density at radius 2 is 2.06 bits per heavy atom. The van der Waals surface area contributed by atoms with Gasteiger partial charge < -0.3 is 10.2 Å². The normalized spacial score (nSPS) is 28.8. The molecular formula is C11H16N4OS. The van der Waals surface area contributed by atoms with Gasteiger partial charge in [0.15, 0.2) is 5.69 Å². The Kier molecular flexibility index (Phi) is 3.07. The summed E-state index contributed by atoms with van der Waals surface area (Å²) < 4.78 is 7.91. The molecule has 0 aliphatic carbocycles. The average Bonchev–Trinajstić information content (AvgIpc) is 2.97. The SMILES string of the molecule is O=C(c1cnsn1)N1CC[C@@H]2CNC[C@@H]2CC1. The van der Waals surface area contributed by atoms with Crippen LogP contribution in [0.15, 0.2) is 6.20 Å². The summed E-state index contributed by atoms with van der Waals surface area (Å²) in [6, 6.07) is 0. The second kappa shape index (κ2) is 4.70. The van der Waals surface area contributed by atoms with Gasteiger partial charge in [-0.15, -0.1) is 0 Å². The highest BCUT2D eigenvalue weighted by atomic mass is 32.1. The number of fused-ring (bicyclic) bond motifs is 1. The first kappa shape index (κ1) is 11.1. The summed E-state index contributed by atoms with van der Waals surface area (Å²) in [5.74, 6) is 1.55. The number of nitrogens with zero attached hydrogens (tertiary/aromatic N) is 3. The van der Waals surface area contributed by atoms with E-state index in [-0.39, 0.29) is 5.91 Å². The quantitative estimate of drug-likeness (QED) is 0.795. The Morgan fingerprint density at radius 3 is 2.65 bits per heavy atom. The first-order valence-electron chi connectivity index (χ1n) is 6.12. The molecule has 1 aromatic heterocycles. The van der Waals surface area contributed by atoms with Gasteiger partial charge in [-0.2, -0.15) is 8.75 Å². The van der Waals surface area contributed by atoms with E-state index in [1.165, 1.54) is 0 Å². The first-order valence-corrected chi connectivity index (χ1v) is 6.85. The fraction of sp³-hybridized carbons (Fsp3) is 0.727. The first-order chi connectivity index (χ1) is 8.34. The zero-order chi connectivity index (χ0) is 11.7. The van der Waals surface area contributed by atoms with Crippen molar-refractivity contribution in [3.8, 4) is 0 Å². The fourth-order valence-electron chi connectivity index (χ4n) is 2.84. The van der Waals surface area contributed by atoms with E-state index in [0.717, 1.165) is 62.6 Å². The minimum absolute atomic E-state index is 0.0479. The van der Waals surface area contributed by atoms with Crippen LogP contribution in [-0.4, -0.2) is 45.7 Å². The van der Waals surface area contributed by atoms with Gasteiger partial charge in [-0.05, 0) is 37.8 Å². The average molecular weight is 252 g/mol. The molecule has 2 aliphatic heterocycles. The molecule has 0 bridgehead atoms. The summed E-state index contributed by atoms with van der Waals surface area (Å²) in [5.41, 5.74) is 0.500. The summed E-state index contributed by atoms with van der Waals surface area (Å²) in [6.07, 6.45) is 3.79. The van der Waals surface area contributed by atoms with Crippen molar-refractivity contribution in [3.05, 3.63) is 11.9 Å². The lowest BCUT2D eigenvalue weighted by atomic mass is 9.92. The van der Waals surface area contributed by atoms with Crippen LogP contribution in [-0.2, 0) is 0 Å². The minimum Gasteiger partial charge on any atom is -0.337 e. The Labute approximate surface area is 105 Å². The molecule has 2 atom stereocenters. The van der Waals surface area contributed by atoms with E-state index in [9.17, 15) is 4.79 Å². The molecule has 1 N–H and O–H groups in total. The van der Waals surface area contributed by atoms with Crippen molar-refractivity contribution in [2.24, 2.45) is 11.8 Å². The number of hydrogen-bond acceptors (Lipinski definition) is 5. The van der Waals surface area contributed by atoms with E-state index in [0.29, 0.717) is 5.69 Å². The summed E-state index contributed by atoms with van der Waals surface area (Å²) in [6.45, 7) is 3.95. The maximum atomic E-state index is 12.1. The van der Waals surface area contributed by atoms with Crippen LogP contribution in [0.3, 0.4) is 0 Å². The number of aromatic nitrogens is 2. The Hall–Kier alpha value is -1.01. The third-order valence-electron chi connectivity index (χ3n) is 3.89. The van der Waals surface area contributed by atoms with E-state index in [4.69, 9.17) is 0 Å². The monoisotopic (exact) mass is 252 g/mol. The van der Waals surface area contributed by atoms with E-state index >= 15 is 0 Å². The molecular weight excluding hydrogens is 236 g/mol. The van der Waals surface area contributed by atoms with Crippen LogP contribution >= 0.6 is 11.7 Å². The van der Waals surface area contributed by atoms with Gasteiger partial charge in [-0.3, -0.25) is 4.79 Å². The van der Waals surface area contributed by atoms with Crippen LogP contribution < -0.4 is 5.32 Å². The molecule has 1 aromatic rings. The van der Waals surface area contributed by atoms with Gasteiger partial charge in [-0.1, -0.05) is 0 Å². The zero-order valence-corrected chi connectivity index (χ0v) is 10.4. The molecule has 3 rings (SSSR count). The van der Waals surface area contributed by atoms with Crippen LogP contribution in [0.5, 0.6) is 0 Å². The molecule has 2 saturated heterocycles. The summed E-state index contributed by atoms with van der Waals surface area (Å²) in [4.78, 5) is 14.1. The summed E-state index contributed by atoms with van der Waals surface area (Å²) in [5, 5.41) is 3.44. The molecule has 1 amide bonds. The summed E-state index contributed by atoms with van der Waals surface area (Å²) in [7, 11) is 0. The van der Waals surface area contributed by atoms with Gasteiger partial charge in [0.1, 0.15) is 0 Å². The maximum Gasteiger partial charge on any atom is 0.275 e. The molecule has 6 heteroatoms. The Balaban J connectivity index is 1.67. The van der Waals surface area contributed by atoms with E-state index in [2.05, 4.69) is 14.1 Å². The number of hydrogen-bond donors (Lipinski definition) is 1. The molecule has 5 nitrogen and oxygen atoms in total. The molecule has 0 radical (unpaired) electrons. The van der Waals surface area contributed by atoms with Crippen LogP contribution in [0.1, 0.15) is 23.3 Å². The second-order valence-corrected chi connectivity index (χ2v) is 5.40. The van der Waals surface area contributed by atoms with Crippen molar-refractivity contribution < 1.29 is 4.79 Å². The molecule has 17 heavy (non-hydrogen) atoms. The predicted molar refractivity (Wildman–Crippen MR) is 64.9 cm³/mol. The highest BCUT2D eigenvalue weighted by Gasteiger charge is 2.32.